The van der Waals surface area contributed by atoms with Gasteiger partial charge in [0.2, 0.25) is 0 Å². The van der Waals surface area contributed by atoms with Gasteiger partial charge in [-0.1, -0.05) is 31.2 Å². The highest BCUT2D eigenvalue weighted by Crippen LogP contribution is 2.29. The fraction of sp³-hybridized carbons (Fsp3) is 0.562. The third kappa shape index (κ3) is 4.53. The quantitative estimate of drug-likeness (QED) is 0.811. The van der Waals surface area contributed by atoms with E-state index in [1.165, 1.54) is 25.0 Å². The average Bonchev–Trinajstić information content (AvgIpc) is 2.85. The zero-order valence-electron chi connectivity index (χ0n) is 12.0. The summed E-state index contributed by atoms with van der Waals surface area (Å²) >= 11 is 2.06. The van der Waals surface area contributed by atoms with Gasteiger partial charge in [-0.3, -0.25) is 4.79 Å². The molecule has 20 heavy (non-hydrogen) atoms. The Morgan fingerprint density at radius 1 is 1.35 bits per heavy atom. The van der Waals surface area contributed by atoms with Gasteiger partial charge in [-0.2, -0.15) is 11.8 Å². The summed E-state index contributed by atoms with van der Waals surface area (Å²) in [4.78, 5) is 10.9. The molecule has 1 aromatic rings. The molecule has 0 saturated heterocycles. The molecule has 1 fully saturated rings. The van der Waals surface area contributed by atoms with E-state index in [1.807, 2.05) is 24.3 Å². The van der Waals surface area contributed by atoms with Crippen molar-refractivity contribution in [1.29, 1.82) is 0 Å². The van der Waals surface area contributed by atoms with Crippen LogP contribution in [0.25, 0.3) is 0 Å². The summed E-state index contributed by atoms with van der Waals surface area (Å²) in [5.74, 6) is 0.427. The fourth-order valence-corrected chi connectivity index (χ4v) is 3.97. The number of carboxylic acid groups (broad SMARTS) is 1. The van der Waals surface area contributed by atoms with Crippen LogP contribution in [0.3, 0.4) is 0 Å². The highest BCUT2D eigenvalue weighted by atomic mass is 32.2. The van der Waals surface area contributed by atoms with Gasteiger partial charge >= 0.3 is 5.97 Å². The van der Waals surface area contributed by atoms with E-state index in [-0.39, 0.29) is 6.42 Å². The van der Waals surface area contributed by atoms with Gasteiger partial charge in [-0.15, -0.1) is 0 Å². The van der Waals surface area contributed by atoms with Crippen molar-refractivity contribution >= 4 is 17.7 Å². The standard InChI is InChI=1S/C16H23NO2S/c1-2-20-15-8-7-14(10-15)17-11-13-6-4-3-5-12(13)9-16(18)19/h3-6,14-15,17H,2,7-11H2,1H3,(H,18,19). The van der Waals surface area contributed by atoms with E-state index in [2.05, 4.69) is 24.0 Å². The Morgan fingerprint density at radius 2 is 2.10 bits per heavy atom. The molecule has 2 rings (SSSR count). The van der Waals surface area contributed by atoms with E-state index in [9.17, 15) is 4.79 Å². The maximum atomic E-state index is 10.9. The van der Waals surface area contributed by atoms with Crippen molar-refractivity contribution in [2.24, 2.45) is 0 Å². The third-order valence-electron chi connectivity index (χ3n) is 3.83. The van der Waals surface area contributed by atoms with Crippen molar-refractivity contribution < 1.29 is 9.90 Å². The van der Waals surface area contributed by atoms with Gasteiger partial charge in [0, 0.05) is 17.8 Å². The number of benzene rings is 1. The topological polar surface area (TPSA) is 49.3 Å². The van der Waals surface area contributed by atoms with Crippen molar-refractivity contribution in [3.05, 3.63) is 35.4 Å². The summed E-state index contributed by atoms with van der Waals surface area (Å²) in [6.07, 6.45) is 3.88. The number of nitrogens with one attached hydrogen (secondary N) is 1. The number of aliphatic carboxylic acids is 1. The first-order chi connectivity index (χ1) is 9.69. The number of hydrogen-bond acceptors (Lipinski definition) is 3. The van der Waals surface area contributed by atoms with Crippen molar-refractivity contribution in [3.8, 4) is 0 Å². The fourth-order valence-electron chi connectivity index (χ4n) is 2.83. The predicted molar refractivity (Wildman–Crippen MR) is 84.2 cm³/mol. The second kappa shape index (κ2) is 7.70. The highest BCUT2D eigenvalue weighted by molar-refractivity contribution is 7.99. The molecule has 4 heteroatoms. The lowest BCUT2D eigenvalue weighted by Gasteiger charge is -2.15. The number of thioether (sulfide) groups is 1. The van der Waals surface area contributed by atoms with Gasteiger partial charge in [0.05, 0.1) is 6.42 Å². The van der Waals surface area contributed by atoms with E-state index >= 15 is 0 Å². The van der Waals surface area contributed by atoms with Gasteiger partial charge in [-0.25, -0.2) is 0 Å². The molecule has 0 aliphatic heterocycles. The van der Waals surface area contributed by atoms with Gasteiger partial charge in [0.25, 0.3) is 0 Å². The second-order valence-corrected chi connectivity index (χ2v) is 6.88. The maximum Gasteiger partial charge on any atom is 0.307 e. The third-order valence-corrected chi connectivity index (χ3v) is 5.06. The van der Waals surface area contributed by atoms with Crippen molar-refractivity contribution in [3.63, 3.8) is 0 Å². The number of rotatable bonds is 7. The van der Waals surface area contributed by atoms with Crippen LogP contribution in [0, 0.1) is 0 Å². The van der Waals surface area contributed by atoms with Gasteiger partial charge in [-0.05, 0) is 36.1 Å². The van der Waals surface area contributed by atoms with Crippen molar-refractivity contribution in [1.82, 2.24) is 5.32 Å². The molecule has 0 aromatic heterocycles. The summed E-state index contributed by atoms with van der Waals surface area (Å²) in [6.45, 7) is 2.99. The molecule has 1 aliphatic rings. The van der Waals surface area contributed by atoms with Crippen molar-refractivity contribution in [2.75, 3.05) is 5.75 Å². The molecule has 0 heterocycles. The van der Waals surface area contributed by atoms with E-state index in [0.717, 1.165) is 22.9 Å². The van der Waals surface area contributed by atoms with Crippen LogP contribution < -0.4 is 5.32 Å². The molecular weight excluding hydrogens is 270 g/mol. The number of hydrogen-bond donors (Lipinski definition) is 2. The molecule has 2 atom stereocenters. The SMILES string of the molecule is CCSC1CCC(NCc2ccccc2CC(=O)O)C1. The molecule has 0 radical (unpaired) electrons. The molecule has 0 bridgehead atoms. The van der Waals surface area contributed by atoms with Crippen LogP contribution in [0.5, 0.6) is 0 Å². The summed E-state index contributed by atoms with van der Waals surface area (Å²) in [5.41, 5.74) is 2.03. The zero-order valence-corrected chi connectivity index (χ0v) is 12.8. The van der Waals surface area contributed by atoms with E-state index in [0.29, 0.717) is 6.04 Å². The molecule has 2 N–H and O–H groups in total. The van der Waals surface area contributed by atoms with Crippen LogP contribution in [-0.2, 0) is 17.8 Å². The zero-order chi connectivity index (χ0) is 14.4. The average molecular weight is 293 g/mol. The van der Waals surface area contributed by atoms with E-state index < -0.39 is 5.97 Å². The molecular formula is C16H23NO2S. The Balaban J connectivity index is 1.86. The lowest BCUT2D eigenvalue weighted by molar-refractivity contribution is -0.136. The first-order valence-electron chi connectivity index (χ1n) is 7.32. The lowest BCUT2D eigenvalue weighted by Crippen LogP contribution is -2.26. The largest absolute Gasteiger partial charge is 0.481 e. The Kier molecular flexibility index (Phi) is 5.92. The smallest absolute Gasteiger partial charge is 0.307 e. The van der Waals surface area contributed by atoms with Crippen LogP contribution in [0.2, 0.25) is 0 Å². The minimum absolute atomic E-state index is 0.108. The minimum Gasteiger partial charge on any atom is -0.481 e. The van der Waals surface area contributed by atoms with Gasteiger partial charge in [0.15, 0.2) is 0 Å². The monoisotopic (exact) mass is 293 g/mol. The lowest BCUT2D eigenvalue weighted by atomic mass is 10.0. The molecule has 1 aromatic carbocycles. The van der Waals surface area contributed by atoms with Crippen LogP contribution in [0.4, 0.5) is 0 Å². The van der Waals surface area contributed by atoms with E-state index in [1.54, 1.807) is 0 Å². The summed E-state index contributed by atoms with van der Waals surface area (Å²) in [6, 6.07) is 8.41. The molecule has 3 nitrogen and oxygen atoms in total. The summed E-state index contributed by atoms with van der Waals surface area (Å²) < 4.78 is 0. The summed E-state index contributed by atoms with van der Waals surface area (Å²) in [5, 5.41) is 13.3. The maximum absolute atomic E-state index is 10.9. The molecule has 0 amide bonds. The van der Waals surface area contributed by atoms with Crippen LogP contribution in [0.1, 0.15) is 37.3 Å². The molecule has 2 unspecified atom stereocenters. The van der Waals surface area contributed by atoms with Crippen LogP contribution >= 0.6 is 11.8 Å². The number of carboxylic acids is 1. The predicted octanol–water partition coefficient (Wildman–Crippen LogP) is 3.08. The van der Waals surface area contributed by atoms with Gasteiger partial charge in [0.1, 0.15) is 0 Å². The van der Waals surface area contributed by atoms with Crippen molar-refractivity contribution in [2.45, 2.75) is 50.4 Å². The molecule has 0 spiro atoms. The Morgan fingerprint density at radius 3 is 2.80 bits per heavy atom. The Hall–Kier alpha value is -1.00. The first-order valence-corrected chi connectivity index (χ1v) is 8.37. The van der Waals surface area contributed by atoms with E-state index in [4.69, 9.17) is 5.11 Å². The van der Waals surface area contributed by atoms with Crippen LogP contribution in [-0.4, -0.2) is 28.1 Å². The van der Waals surface area contributed by atoms with Crippen LogP contribution in [0.15, 0.2) is 24.3 Å². The Bertz CT molecular complexity index is 450. The minimum atomic E-state index is -0.766. The molecule has 1 aliphatic carbocycles. The second-order valence-electron chi connectivity index (χ2n) is 5.31. The van der Waals surface area contributed by atoms with Gasteiger partial charge < -0.3 is 10.4 Å². The highest BCUT2D eigenvalue weighted by Gasteiger charge is 2.24. The summed E-state index contributed by atoms with van der Waals surface area (Å²) in [7, 11) is 0. The molecule has 1 saturated carbocycles. The Labute approximate surface area is 125 Å². The normalized spacial score (nSPS) is 22.1. The molecule has 110 valence electrons. The number of carbonyl (C=O) groups is 1. The first kappa shape index (κ1) is 15.4.